The number of aliphatic carboxylic acids is 1. The molecule has 21 heavy (non-hydrogen) atoms. The maximum absolute atomic E-state index is 12.3. The van der Waals surface area contributed by atoms with Gasteiger partial charge in [-0.15, -0.1) is 0 Å². The largest absolute Gasteiger partial charge is 0.481 e. The minimum absolute atomic E-state index is 0.0761. The number of carbonyl (C=O) groups excluding carboxylic acids is 1. The number of nitrogens with one attached hydrogen (secondary N) is 1. The lowest BCUT2D eigenvalue weighted by Gasteiger charge is -2.25. The number of carboxylic acid groups (broad SMARTS) is 1. The van der Waals surface area contributed by atoms with Crippen LogP contribution in [0, 0.1) is 12.8 Å². The number of benzene rings is 1. The van der Waals surface area contributed by atoms with Crippen molar-refractivity contribution in [2.45, 2.75) is 32.2 Å². The maximum Gasteiger partial charge on any atom is 0.305 e. The van der Waals surface area contributed by atoms with Crippen LogP contribution in [0.1, 0.15) is 36.4 Å². The van der Waals surface area contributed by atoms with Crippen molar-refractivity contribution in [3.05, 3.63) is 35.4 Å². The van der Waals surface area contributed by atoms with Gasteiger partial charge in [-0.1, -0.05) is 24.3 Å². The molecule has 5 nitrogen and oxygen atoms in total. The van der Waals surface area contributed by atoms with Gasteiger partial charge in [0.05, 0.1) is 12.5 Å². The van der Waals surface area contributed by atoms with Crippen LogP contribution in [0.2, 0.25) is 0 Å². The fourth-order valence-corrected chi connectivity index (χ4v) is 2.64. The van der Waals surface area contributed by atoms with Gasteiger partial charge >= 0.3 is 5.97 Å². The number of carbonyl (C=O) groups is 2. The summed E-state index contributed by atoms with van der Waals surface area (Å²) in [5, 5.41) is 12.0. The van der Waals surface area contributed by atoms with Crippen molar-refractivity contribution >= 4 is 11.9 Å². The Morgan fingerprint density at radius 3 is 2.62 bits per heavy atom. The monoisotopic (exact) mass is 291 g/mol. The van der Waals surface area contributed by atoms with Crippen molar-refractivity contribution in [1.29, 1.82) is 0 Å². The number of carboxylic acids is 1. The molecule has 1 aliphatic heterocycles. The first kappa shape index (κ1) is 15.5. The van der Waals surface area contributed by atoms with E-state index in [9.17, 15) is 9.59 Å². The predicted molar refractivity (Wildman–Crippen MR) is 77.9 cm³/mol. The van der Waals surface area contributed by atoms with Gasteiger partial charge in [0, 0.05) is 19.1 Å². The number of hydrogen-bond acceptors (Lipinski definition) is 3. The summed E-state index contributed by atoms with van der Waals surface area (Å²) in [6, 6.07) is 7.06. The summed E-state index contributed by atoms with van der Waals surface area (Å²) < 4.78 is 5.25. The van der Waals surface area contributed by atoms with Crippen LogP contribution in [-0.4, -0.2) is 30.2 Å². The maximum atomic E-state index is 12.3. The molecule has 2 rings (SSSR count). The molecule has 0 radical (unpaired) electrons. The van der Waals surface area contributed by atoms with Crippen LogP contribution in [0.3, 0.4) is 0 Å². The van der Waals surface area contributed by atoms with Gasteiger partial charge in [0.1, 0.15) is 0 Å². The Bertz CT molecular complexity index is 509. The zero-order valence-corrected chi connectivity index (χ0v) is 12.2. The molecule has 1 atom stereocenters. The van der Waals surface area contributed by atoms with Gasteiger partial charge in [-0.3, -0.25) is 9.59 Å². The van der Waals surface area contributed by atoms with E-state index < -0.39 is 12.0 Å². The molecule has 1 fully saturated rings. The number of rotatable bonds is 5. The highest BCUT2D eigenvalue weighted by Crippen LogP contribution is 2.23. The highest BCUT2D eigenvalue weighted by atomic mass is 16.5. The highest BCUT2D eigenvalue weighted by Gasteiger charge is 2.26. The van der Waals surface area contributed by atoms with Crippen molar-refractivity contribution in [3.8, 4) is 0 Å². The van der Waals surface area contributed by atoms with Crippen LogP contribution >= 0.6 is 0 Å². The Morgan fingerprint density at radius 2 is 2.00 bits per heavy atom. The molecule has 1 saturated heterocycles. The molecule has 0 bridgehead atoms. The van der Waals surface area contributed by atoms with E-state index >= 15 is 0 Å². The summed E-state index contributed by atoms with van der Waals surface area (Å²) in [6.45, 7) is 3.10. The summed E-state index contributed by atoms with van der Waals surface area (Å²) >= 11 is 0. The van der Waals surface area contributed by atoms with E-state index in [0.717, 1.165) is 11.1 Å². The van der Waals surface area contributed by atoms with E-state index in [1.165, 1.54) is 0 Å². The SMILES string of the molecule is Cc1ccccc1[C@H](CC(=O)O)NC(=O)C1CCOCC1. The fraction of sp³-hybridized carbons (Fsp3) is 0.500. The summed E-state index contributed by atoms with van der Waals surface area (Å²) in [7, 11) is 0. The third-order valence-corrected chi connectivity index (χ3v) is 3.85. The van der Waals surface area contributed by atoms with E-state index in [1.54, 1.807) is 0 Å². The predicted octanol–water partition coefficient (Wildman–Crippen LogP) is 2.05. The first-order valence-electron chi connectivity index (χ1n) is 7.23. The molecule has 5 heteroatoms. The van der Waals surface area contributed by atoms with Gasteiger partial charge in [0.15, 0.2) is 0 Å². The lowest BCUT2D eigenvalue weighted by atomic mass is 9.95. The van der Waals surface area contributed by atoms with Gasteiger partial charge in [-0.2, -0.15) is 0 Å². The molecule has 2 N–H and O–H groups in total. The average Bonchev–Trinajstić information content (AvgIpc) is 2.47. The number of hydrogen-bond donors (Lipinski definition) is 2. The second-order valence-corrected chi connectivity index (χ2v) is 5.40. The van der Waals surface area contributed by atoms with E-state index in [1.807, 2.05) is 31.2 Å². The molecular formula is C16H21NO4. The summed E-state index contributed by atoms with van der Waals surface area (Å²) in [5.74, 6) is -1.08. The Labute approximate surface area is 124 Å². The van der Waals surface area contributed by atoms with Gasteiger partial charge in [-0.25, -0.2) is 0 Å². The van der Waals surface area contributed by atoms with E-state index in [-0.39, 0.29) is 18.2 Å². The molecule has 0 spiro atoms. The van der Waals surface area contributed by atoms with Crippen molar-refractivity contribution < 1.29 is 19.4 Å². The van der Waals surface area contributed by atoms with Crippen LogP contribution in [0.25, 0.3) is 0 Å². The fourth-order valence-electron chi connectivity index (χ4n) is 2.64. The summed E-state index contributed by atoms with van der Waals surface area (Å²) in [4.78, 5) is 23.4. The minimum atomic E-state index is -0.921. The first-order valence-corrected chi connectivity index (χ1v) is 7.23. The molecule has 1 heterocycles. The lowest BCUT2D eigenvalue weighted by Crippen LogP contribution is -2.37. The molecule has 1 aromatic rings. The van der Waals surface area contributed by atoms with Gasteiger partial charge in [0.25, 0.3) is 0 Å². The standard InChI is InChI=1S/C16H21NO4/c1-11-4-2-3-5-13(11)14(10-15(18)19)17-16(20)12-6-8-21-9-7-12/h2-5,12,14H,6-10H2,1H3,(H,17,20)(H,18,19)/t14-/m0/s1. The average molecular weight is 291 g/mol. The Morgan fingerprint density at radius 1 is 1.33 bits per heavy atom. The van der Waals surface area contributed by atoms with Crippen LogP contribution in [-0.2, 0) is 14.3 Å². The first-order chi connectivity index (χ1) is 10.1. The van der Waals surface area contributed by atoms with E-state index in [0.29, 0.717) is 26.1 Å². The summed E-state index contributed by atoms with van der Waals surface area (Å²) in [5.41, 5.74) is 1.84. The van der Waals surface area contributed by atoms with Crippen molar-refractivity contribution in [2.75, 3.05) is 13.2 Å². The second kappa shape index (κ2) is 7.22. The van der Waals surface area contributed by atoms with E-state index in [4.69, 9.17) is 9.84 Å². The molecule has 1 amide bonds. The Balaban J connectivity index is 2.11. The molecule has 1 aromatic carbocycles. The van der Waals surface area contributed by atoms with Crippen LogP contribution in [0.5, 0.6) is 0 Å². The quantitative estimate of drug-likeness (QED) is 0.870. The Kier molecular flexibility index (Phi) is 5.33. The van der Waals surface area contributed by atoms with Gasteiger partial charge < -0.3 is 15.2 Å². The molecule has 114 valence electrons. The topological polar surface area (TPSA) is 75.6 Å². The molecular weight excluding hydrogens is 270 g/mol. The zero-order chi connectivity index (χ0) is 15.2. The smallest absolute Gasteiger partial charge is 0.305 e. The molecule has 0 aromatic heterocycles. The number of ether oxygens (including phenoxy) is 1. The molecule has 0 aliphatic carbocycles. The normalized spacial score (nSPS) is 17.2. The highest BCUT2D eigenvalue weighted by molar-refractivity contribution is 5.80. The van der Waals surface area contributed by atoms with Crippen LogP contribution < -0.4 is 5.32 Å². The molecule has 0 saturated carbocycles. The van der Waals surface area contributed by atoms with Crippen LogP contribution in [0.15, 0.2) is 24.3 Å². The molecule has 1 aliphatic rings. The molecule has 0 unspecified atom stereocenters. The second-order valence-electron chi connectivity index (χ2n) is 5.40. The van der Waals surface area contributed by atoms with Crippen LogP contribution in [0.4, 0.5) is 0 Å². The number of aryl methyl sites for hydroxylation is 1. The summed E-state index contributed by atoms with van der Waals surface area (Å²) in [6.07, 6.45) is 1.28. The van der Waals surface area contributed by atoms with Crippen molar-refractivity contribution in [3.63, 3.8) is 0 Å². The van der Waals surface area contributed by atoms with Crippen molar-refractivity contribution in [2.24, 2.45) is 5.92 Å². The van der Waals surface area contributed by atoms with E-state index in [2.05, 4.69) is 5.32 Å². The third kappa shape index (κ3) is 4.29. The van der Waals surface area contributed by atoms with Gasteiger partial charge in [-0.05, 0) is 30.9 Å². The minimum Gasteiger partial charge on any atom is -0.481 e. The third-order valence-electron chi connectivity index (χ3n) is 3.85. The lowest BCUT2D eigenvalue weighted by molar-refractivity contribution is -0.138. The zero-order valence-electron chi connectivity index (χ0n) is 12.2. The van der Waals surface area contributed by atoms with Crippen molar-refractivity contribution in [1.82, 2.24) is 5.32 Å². The van der Waals surface area contributed by atoms with Gasteiger partial charge in [0.2, 0.25) is 5.91 Å². The number of amides is 1. The Hall–Kier alpha value is -1.88.